The maximum absolute atomic E-state index is 12.5. The smallest absolute Gasteiger partial charge is 0.339 e. The van der Waals surface area contributed by atoms with Crippen LogP contribution in [-0.2, 0) is 21.2 Å². The number of carbonyl (C=O) groups is 2. The molecule has 0 spiro atoms. The van der Waals surface area contributed by atoms with Crippen LogP contribution in [0.1, 0.15) is 33.2 Å². The van der Waals surface area contributed by atoms with E-state index in [4.69, 9.17) is 9.47 Å². The van der Waals surface area contributed by atoms with E-state index < -0.39 is 15.8 Å². The minimum absolute atomic E-state index is 0.00448. The minimum atomic E-state index is -3.55. The Hall–Kier alpha value is -3.65. The first-order valence-electron chi connectivity index (χ1n) is 9.87. The SMILES string of the molecule is CCS(=O)(=O)c1ccccc1C(=O)OCc1ccc(C(=O)Nc2ccc(OC)cc2)cc1. The predicted molar refractivity (Wildman–Crippen MR) is 121 cm³/mol. The molecule has 7 nitrogen and oxygen atoms in total. The maximum atomic E-state index is 12.5. The summed E-state index contributed by atoms with van der Waals surface area (Å²) in [6, 6.07) is 19.5. The lowest BCUT2D eigenvalue weighted by atomic mass is 10.1. The molecule has 0 aliphatic heterocycles. The van der Waals surface area contributed by atoms with Crippen molar-refractivity contribution in [2.75, 3.05) is 18.2 Å². The molecule has 1 amide bonds. The fourth-order valence-electron chi connectivity index (χ4n) is 2.92. The molecule has 32 heavy (non-hydrogen) atoms. The van der Waals surface area contributed by atoms with E-state index in [1.54, 1.807) is 67.8 Å². The Morgan fingerprint density at radius 2 is 1.56 bits per heavy atom. The van der Waals surface area contributed by atoms with Gasteiger partial charge in [-0.15, -0.1) is 0 Å². The largest absolute Gasteiger partial charge is 0.497 e. The Bertz CT molecular complexity index is 1200. The first kappa shape index (κ1) is 23.0. The van der Waals surface area contributed by atoms with Crippen LogP contribution in [0, 0.1) is 0 Å². The number of hydrogen-bond acceptors (Lipinski definition) is 6. The van der Waals surface area contributed by atoms with Gasteiger partial charge >= 0.3 is 5.97 Å². The summed E-state index contributed by atoms with van der Waals surface area (Å²) < 4.78 is 34.8. The van der Waals surface area contributed by atoms with Crippen LogP contribution in [0.15, 0.2) is 77.7 Å². The summed E-state index contributed by atoms with van der Waals surface area (Å²) in [6.07, 6.45) is 0. The van der Waals surface area contributed by atoms with Gasteiger partial charge in [0.15, 0.2) is 9.84 Å². The molecule has 0 saturated heterocycles. The summed E-state index contributed by atoms with van der Waals surface area (Å²) in [4.78, 5) is 24.8. The van der Waals surface area contributed by atoms with Crippen molar-refractivity contribution in [1.82, 2.24) is 0 Å². The van der Waals surface area contributed by atoms with Crippen LogP contribution in [0.25, 0.3) is 0 Å². The molecule has 0 aliphatic rings. The van der Waals surface area contributed by atoms with E-state index in [0.717, 1.165) is 0 Å². The second-order valence-electron chi connectivity index (χ2n) is 6.86. The molecular formula is C24H23NO6S. The Kier molecular flexibility index (Phi) is 7.27. The molecule has 3 aromatic carbocycles. The van der Waals surface area contributed by atoms with E-state index >= 15 is 0 Å². The number of nitrogens with one attached hydrogen (secondary N) is 1. The molecule has 0 unspecified atom stereocenters. The lowest BCUT2D eigenvalue weighted by Gasteiger charge is -2.10. The molecule has 0 heterocycles. The van der Waals surface area contributed by atoms with Crippen LogP contribution in [0.5, 0.6) is 5.75 Å². The summed E-state index contributed by atoms with van der Waals surface area (Å²) in [6.45, 7) is 1.46. The van der Waals surface area contributed by atoms with Crippen molar-refractivity contribution in [2.45, 2.75) is 18.4 Å². The molecule has 0 radical (unpaired) electrons. The van der Waals surface area contributed by atoms with Gasteiger partial charge in [-0.05, 0) is 54.1 Å². The topological polar surface area (TPSA) is 98.8 Å². The normalized spacial score (nSPS) is 10.9. The van der Waals surface area contributed by atoms with E-state index in [-0.39, 0.29) is 28.7 Å². The number of ether oxygens (including phenoxy) is 2. The zero-order valence-corrected chi connectivity index (χ0v) is 18.5. The second kappa shape index (κ2) is 10.1. The monoisotopic (exact) mass is 453 g/mol. The van der Waals surface area contributed by atoms with Gasteiger partial charge in [-0.3, -0.25) is 4.79 Å². The zero-order chi connectivity index (χ0) is 23.1. The van der Waals surface area contributed by atoms with Gasteiger partial charge < -0.3 is 14.8 Å². The number of carbonyl (C=O) groups excluding carboxylic acids is 2. The second-order valence-corrected chi connectivity index (χ2v) is 9.10. The molecule has 3 rings (SSSR count). The number of benzene rings is 3. The number of amides is 1. The molecule has 0 saturated carbocycles. The van der Waals surface area contributed by atoms with Gasteiger partial charge in [-0.2, -0.15) is 0 Å². The highest BCUT2D eigenvalue weighted by molar-refractivity contribution is 7.91. The van der Waals surface area contributed by atoms with Gasteiger partial charge in [0.25, 0.3) is 5.91 Å². The van der Waals surface area contributed by atoms with Crippen molar-refractivity contribution >= 4 is 27.4 Å². The Labute approximate surface area is 186 Å². The summed E-state index contributed by atoms with van der Waals surface area (Å²) in [5.74, 6) is -0.426. The highest BCUT2D eigenvalue weighted by atomic mass is 32.2. The van der Waals surface area contributed by atoms with E-state index in [1.165, 1.54) is 19.1 Å². The number of hydrogen-bond donors (Lipinski definition) is 1. The van der Waals surface area contributed by atoms with Crippen molar-refractivity contribution in [3.8, 4) is 5.75 Å². The van der Waals surface area contributed by atoms with E-state index in [0.29, 0.717) is 22.6 Å². The van der Waals surface area contributed by atoms with Crippen molar-refractivity contribution in [3.63, 3.8) is 0 Å². The maximum Gasteiger partial charge on any atom is 0.339 e. The third-order valence-electron chi connectivity index (χ3n) is 4.76. The van der Waals surface area contributed by atoms with Crippen LogP contribution >= 0.6 is 0 Å². The number of sulfone groups is 1. The van der Waals surface area contributed by atoms with Gasteiger partial charge in [0.2, 0.25) is 0 Å². The van der Waals surface area contributed by atoms with Gasteiger partial charge in [-0.25, -0.2) is 13.2 Å². The van der Waals surface area contributed by atoms with Crippen LogP contribution in [0.4, 0.5) is 5.69 Å². The summed E-state index contributed by atoms with van der Waals surface area (Å²) in [5.41, 5.74) is 1.74. The standard InChI is InChI=1S/C24H23NO6S/c1-3-32(28,29)22-7-5-4-6-21(22)24(27)31-16-17-8-10-18(11-9-17)23(26)25-19-12-14-20(30-2)15-13-19/h4-15H,3,16H2,1-2H3,(H,25,26). The molecule has 166 valence electrons. The lowest BCUT2D eigenvalue weighted by molar-refractivity contribution is 0.0468. The average molecular weight is 454 g/mol. The third kappa shape index (κ3) is 5.53. The predicted octanol–water partition coefficient (Wildman–Crippen LogP) is 4.10. The van der Waals surface area contributed by atoms with Gasteiger partial charge in [-0.1, -0.05) is 31.2 Å². The highest BCUT2D eigenvalue weighted by Gasteiger charge is 2.21. The molecule has 1 N–H and O–H groups in total. The van der Waals surface area contributed by atoms with Crippen molar-refractivity contribution in [1.29, 1.82) is 0 Å². The van der Waals surface area contributed by atoms with E-state index in [9.17, 15) is 18.0 Å². The number of rotatable bonds is 8. The summed E-state index contributed by atoms with van der Waals surface area (Å²) in [5, 5.41) is 2.79. The van der Waals surface area contributed by atoms with Crippen LogP contribution in [-0.4, -0.2) is 33.2 Å². The first-order valence-corrected chi connectivity index (χ1v) is 11.5. The van der Waals surface area contributed by atoms with Gasteiger partial charge in [0, 0.05) is 11.3 Å². The molecule has 3 aromatic rings. The van der Waals surface area contributed by atoms with Crippen molar-refractivity contribution in [3.05, 3.63) is 89.5 Å². The Morgan fingerprint density at radius 3 is 2.19 bits per heavy atom. The summed E-state index contributed by atoms with van der Waals surface area (Å²) in [7, 11) is -1.99. The van der Waals surface area contributed by atoms with Crippen LogP contribution in [0.3, 0.4) is 0 Å². The molecule has 0 fully saturated rings. The van der Waals surface area contributed by atoms with Gasteiger partial charge in [0.1, 0.15) is 12.4 Å². The number of anilines is 1. The van der Waals surface area contributed by atoms with Crippen LogP contribution in [0.2, 0.25) is 0 Å². The first-order chi connectivity index (χ1) is 15.3. The van der Waals surface area contributed by atoms with Crippen molar-refractivity contribution < 1.29 is 27.5 Å². The van der Waals surface area contributed by atoms with E-state index in [1.807, 2.05) is 0 Å². The Morgan fingerprint density at radius 1 is 0.906 bits per heavy atom. The average Bonchev–Trinajstić information content (AvgIpc) is 2.83. The molecule has 8 heteroatoms. The lowest BCUT2D eigenvalue weighted by Crippen LogP contribution is -2.13. The molecule has 0 aromatic heterocycles. The van der Waals surface area contributed by atoms with Crippen molar-refractivity contribution in [2.24, 2.45) is 0 Å². The highest BCUT2D eigenvalue weighted by Crippen LogP contribution is 2.19. The molecular weight excluding hydrogens is 430 g/mol. The minimum Gasteiger partial charge on any atom is -0.497 e. The number of esters is 1. The fraction of sp³-hybridized carbons (Fsp3) is 0.167. The molecule has 0 aliphatic carbocycles. The van der Waals surface area contributed by atoms with E-state index in [2.05, 4.69) is 5.32 Å². The quantitative estimate of drug-likeness (QED) is 0.516. The Balaban J connectivity index is 1.63. The molecule has 0 atom stereocenters. The zero-order valence-electron chi connectivity index (χ0n) is 17.7. The number of methoxy groups -OCH3 is 1. The molecule has 0 bridgehead atoms. The fourth-order valence-corrected chi connectivity index (χ4v) is 4.00. The summed E-state index contributed by atoms with van der Waals surface area (Å²) >= 11 is 0. The van der Waals surface area contributed by atoms with Gasteiger partial charge in [0.05, 0.1) is 23.3 Å². The third-order valence-corrected chi connectivity index (χ3v) is 6.54. The van der Waals surface area contributed by atoms with Crippen LogP contribution < -0.4 is 10.1 Å².